The van der Waals surface area contributed by atoms with Crippen molar-refractivity contribution in [2.45, 2.75) is 39.5 Å². The molecule has 0 aliphatic heterocycles. The topological polar surface area (TPSA) is 23.8 Å². The van der Waals surface area contributed by atoms with Gasteiger partial charge in [0.1, 0.15) is 0 Å². The van der Waals surface area contributed by atoms with Crippen LogP contribution >= 0.6 is 0 Å². The quantitative estimate of drug-likeness (QED) is 0.292. The van der Waals surface area contributed by atoms with Gasteiger partial charge in [-0.15, -0.1) is 18.4 Å². The molecule has 0 saturated carbocycles. The van der Waals surface area contributed by atoms with Gasteiger partial charge >= 0.3 is 0 Å². The first kappa shape index (κ1) is 19.5. The second-order valence-electron chi connectivity index (χ2n) is 7.00. The zero-order chi connectivity index (χ0) is 17.2. The molecule has 3 aliphatic rings. The van der Waals surface area contributed by atoms with Crippen molar-refractivity contribution in [1.82, 2.24) is 0 Å². The molecule has 0 heterocycles. The summed E-state index contributed by atoms with van der Waals surface area (Å²) in [6.07, 6.45) is 27.3. The Morgan fingerprint density at radius 2 is 2.12 bits per heavy atom. The van der Waals surface area contributed by atoms with Crippen molar-refractivity contribution >= 4 is 0 Å². The maximum absolute atomic E-state index is 8.78. The number of terminal acetylenes is 1. The summed E-state index contributed by atoms with van der Waals surface area (Å²) in [6, 6.07) is 2.20. The van der Waals surface area contributed by atoms with Crippen LogP contribution in [-0.4, -0.2) is 0 Å². The first-order valence-electron chi connectivity index (χ1n) is 8.47. The van der Waals surface area contributed by atoms with Crippen LogP contribution < -0.4 is 0 Å². The molecule has 0 radical (unpaired) electrons. The van der Waals surface area contributed by atoms with Gasteiger partial charge in [-0.3, -0.25) is 0 Å². The van der Waals surface area contributed by atoms with Crippen molar-refractivity contribution in [1.29, 1.82) is 5.26 Å². The van der Waals surface area contributed by atoms with Crippen LogP contribution in [0.2, 0.25) is 0 Å². The van der Waals surface area contributed by atoms with Crippen molar-refractivity contribution in [3.8, 4) is 18.4 Å². The van der Waals surface area contributed by atoms with Crippen LogP contribution in [0.4, 0.5) is 0 Å². The van der Waals surface area contributed by atoms with Gasteiger partial charge in [-0.05, 0) is 34.8 Å². The molecule has 25 heavy (non-hydrogen) atoms. The molecule has 1 nitrogen and oxygen atoms in total. The molecule has 0 amide bonds. The number of allylic oxidation sites excluding steroid dienone is 12. The van der Waals surface area contributed by atoms with Crippen molar-refractivity contribution in [2.24, 2.45) is 10.8 Å². The van der Waals surface area contributed by atoms with Crippen molar-refractivity contribution in [2.75, 3.05) is 0 Å². The zero-order valence-corrected chi connectivity index (χ0v) is 17.7. The molecule has 2 unspecified atom stereocenters. The third kappa shape index (κ3) is 3.08. The van der Waals surface area contributed by atoms with Gasteiger partial charge in [0.2, 0.25) is 0 Å². The van der Waals surface area contributed by atoms with Gasteiger partial charge in [-0.1, -0.05) is 38.2 Å². The van der Waals surface area contributed by atoms with Crippen LogP contribution in [0.15, 0.2) is 64.8 Å². The molecule has 2 bridgehead atoms. The fourth-order valence-corrected chi connectivity index (χ4v) is 4.30. The second kappa shape index (κ2) is 7.60. The Hall–Kier alpha value is -1.82. The van der Waals surface area contributed by atoms with Crippen LogP contribution in [0, 0.1) is 40.6 Å². The van der Waals surface area contributed by atoms with Gasteiger partial charge in [0.25, 0.3) is 0 Å². The monoisotopic (exact) mass is 496 g/mol. The van der Waals surface area contributed by atoms with E-state index in [1.165, 1.54) is 22.3 Å². The summed E-state index contributed by atoms with van der Waals surface area (Å²) in [5, 5.41) is 8.78. The Balaban J connectivity index is 0.00000225. The van der Waals surface area contributed by atoms with E-state index in [1.807, 2.05) is 0 Å². The SMILES string of the molecule is C#CCC12CC3(C)C(=[C-]C=C1C)C=CC=CC3=C2/C=C\CCC#N.[W]. The summed E-state index contributed by atoms with van der Waals surface area (Å²) in [7, 11) is 0. The first-order chi connectivity index (χ1) is 11.6. The van der Waals surface area contributed by atoms with E-state index in [4.69, 9.17) is 11.7 Å². The Labute approximate surface area is 165 Å². The van der Waals surface area contributed by atoms with Crippen molar-refractivity contribution in [3.63, 3.8) is 0 Å². The fraction of sp³-hybridized carbons (Fsp3) is 0.348. The van der Waals surface area contributed by atoms with Crippen LogP contribution in [-0.2, 0) is 21.1 Å². The number of hydrogen-bond acceptors (Lipinski definition) is 1. The van der Waals surface area contributed by atoms with E-state index in [2.05, 4.69) is 74.4 Å². The van der Waals surface area contributed by atoms with E-state index in [0.29, 0.717) is 12.8 Å². The summed E-state index contributed by atoms with van der Waals surface area (Å²) in [5.41, 5.74) is 4.96. The van der Waals surface area contributed by atoms with Gasteiger partial charge in [0, 0.05) is 33.9 Å². The number of nitrogens with zero attached hydrogens (tertiary/aromatic N) is 1. The minimum Gasteiger partial charge on any atom is -0.198 e. The molecule has 0 aromatic rings. The Morgan fingerprint density at radius 1 is 1.36 bits per heavy atom. The largest absolute Gasteiger partial charge is 0.198 e. The van der Waals surface area contributed by atoms with Gasteiger partial charge in [-0.25, -0.2) is 0 Å². The molecule has 2 atom stereocenters. The average Bonchev–Trinajstić information content (AvgIpc) is 2.65. The predicted molar refractivity (Wildman–Crippen MR) is 98.4 cm³/mol. The van der Waals surface area contributed by atoms with E-state index in [-0.39, 0.29) is 31.9 Å². The van der Waals surface area contributed by atoms with E-state index in [0.717, 1.165) is 12.8 Å². The molecule has 0 spiro atoms. The standard InChI is InChI=1S/C23H22N.W/c1-4-15-23-17-22(3)19(14-13-18(23)2)10-7-8-11-20(22)21(23)12-6-5-9-16-24;/h1,6-8,10-13H,5,9,15,17H2,2-3H3;/q-1;/b12-6-;. The van der Waals surface area contributed by atoms with Crippen LogP contribution in [0.5, 0.6) is 0 Å². The summed E-state index contributed by atoms with van der Waals surface area (Å²) >= 11 is 0. The van der Waals surface area contributed by atoms with Crippen LogP contribution in [0.1, 0.15) is 39.5 Å². The number of nitriles is 1. The molecule has 0 N–H and O–H groups in total. The second-order valence-corrected chi connectivity index (χ2v) is 7.00. The maximum atomic E-state index is 8.78. The van der Waals surface area contributed by atoms with Crippen molar-refractivity contribution < 1.29 is 21.1 Å². The van der Waals surface area contributed by atoms with Gasteiger partial charge in [0.15, 0.2) is 0 Å². The van der Waals surface area contributed by atoms with Crippen molar-refractivity contribution in [3.05, 3.63) is 70.9 Å². The number of unbranched alkanes of at least 4 members (excludes halogenated alkanes) is 1. The minimum absolute atomic E-state index is 0. The van der Waals surface area contributed by atoms with Crippen LogP contribution in [0.25, 0.3) is 0 Å². The van der Waals surface area contributed by atoms with E-state index in [1.54, 1.807) is 0 Å². The summed E-state index contributed by atoms with van der Waals surface area (Å²) in [5.74, 6) is 2.92. The Morgan fingerprint density at radius 3 is 2.84 bits per heavy atom. The predicted octanol–water partition coefficient (Wildman–Crippen LogP) is 5.38. The minimum atomic E-state index is -0.133. The zero-order valence-electron chi connectivity index (χ0n) is 14.8. The van der Waals surface area contributed by atoms with Crippen LogP contribution in [0.3, 0.4) is 0 Å². The molecule has 126 valence electrons. The third-order valence-electron chi connectivity index (χ3n) is 5.60. The van der Waals surface area contributed by atoms with Gasteiger partial charge in [-0.2, -0.15) is 34.6 Å². The molecule has 0 fully saturated rings. The molecule has 0 aromatic heterocycles. The molecule has 2 heteroatoms. The molecule has 0 saturated heterocycles. The normalized spacial score (nSPS) is 29.3. The Kier molecular flexibility index (Phi) is 5.93. The molecular weight excluding hydrogens is 474 g/mol. The summed E-state index contributed by atoms with van der Waals surface area (Å²) in [4.78, 5) is 0. The first-order valence-corrected chi connectivity index (χ1v) is 8.47. The van der Waals surface area contributed by atoms with E-state index < -0.39 is 0 Å². The summed E-state index contributed by atoms with van der Waals surface area (Å²) in [6.45, 7) is 4.48. The third-order valence-corrected chi connectivity index (χ3v) is 5.60. The van der Waals surface area contributed by atoms with E-state index in [9.17, 15) is 0 Å². The smallest absolute Gasteiger partial charge is 0.0625 e. The molecule has 3 rings (SSSR count). The maximum Gasteiger partial charge on any atom is 0.0625 e. The number of rotatable bonds is 4. The van der Waals surface area contributed by atoms with E-state index >= 15 is 0 Å². The van der Waals surface area contributed by atoms with Gasteiger partial charge < -0.3 is 0 Å². The molecule has 0 aromatic carbocycles. The average molecular weight is 496 g/mol. The molecule has 3 aliphatic carbocycles. The fourth-order valence-electron chi connectivity index (χ4n) is 4.30. The van der Waals surface area contributed by atoms with Gasteiger partial charge in [0.05, 0.1) is 6.07 Å². The summed E-state index contributed by atoms with van der Waals surface area (Å²) < 4.78 is 0. The Bertz CT molecular complexity index is 819. The molecular formula is C23H22NW-. The number of hydrogen-bond donors (Lipinski definition) is 0. The number of fused-ring (bicyclic) bond motifs is 1.